The molecule has 0 aromatic heterocycles. The molecule has 6 nitrogen and oxygen atoms in total. The van der Waals surface area contributed by atoms with E-state index in [-0.39, 0.29) is 44.4 Å². The van der Waals surface area contributed by atoms with Gasteiger partial charge in [-0.05, 0) is 116 Å². The Morgan fingerprint density at radius 3 is 1.04 bits per heavy atom. The van der Waals surface area contributed by atoms with Gasteiger partial charge in [0.05, 0.1) is 0 Å². The van der Waals surface area contributed by atoms with Crippen molar-refractivity contribution in [2.45, 2.75) is 168 Å². The van der Waals surface area contributed by atoms with Gasteiger partial charge in [-0.1, -0.05) is 209 Å². The monoisotopic (exact) mass is 917 g/mol. The van der Waals surface area contributed by atoms with E-state index in [0.29, 0.717) is 19.3 Å². The van der Waals surface area contributed by atoms with Gasteiger partial charge < -0.3 is 14.2 Å². The lowest BCUT2D eigenvalue weighted by molar-refractivity contribution is -0.167. The largest absolute Gasteiger partial charge is 0.462 e. The summed E-state index contributed by atoms with van der Waals surface area (Å²) < 4.78 is 16.6. The summed E-state index contributed by atoms with van der Waals surface area (Å²) in [6.07, 6.45) is 80.3. The van der Waals surface area contributed by atoms with Crippen molar-refractivity contribution >= 4 is 17.9 Å². The molecule has 0 aliphatic rings. The highest BCUT2D eigenvalue weighted by molar-refractivity contribution is 5.71. The number of allylic oxidation sites excluding steroid dienone is 30. The highest BCUT2D eigenvalue weighted by atomic mass is 16.6. The molecular weight excluding hydrogens is 829 g/mol. The number of rotatable bonds is 42. The molecule has 67 heavy (non-hydrogen) atoms. The Bertz CT molecular complexity index is 1670. The molecule has 1 unspecified atom stereocenters. The van der Waals surface area contributed by atoms with Crippen LogP contribution in [0.3, 0.4) is 0 Å². The third kappa shape index (κ3) is 51.4. The number of carbonyl (C=O) groups is 3. The Labute approximate surface area is 408 Å². The third-order valence-corrected chi connectivity index (χ3v) is 9.51. The molecule has 6 heteroatoms. The minimum atomic E-state index is -0.861. The van der Waals surface area contributed by atoms with Crippen LogP contribution in [0, 0.1) is 0 Å². The molecule has 0 aromatic carbocycles. The molecule has 0 rings (SSSR count). The SMILES string of the molecule is CC/C=C/C=C/C=C/C=C/C=C/CCCC(=O)OCC(COC(=O)CCCCC/C=C/C/C=C/C/C=C/C/C=C/C/C=C/CC)OC(=O)CCC/C=C/C/C=C/C/C=C/C/C=C/C/C=C/CC. The topological polar surface area (TPSA) is 78.9 Å². The van der Waals surface area contributed by atoms with Crippen molar-refractivity contribution < 1.29 is 28.6 Å². The Morgan fingerprint density at radius 2 is 0.627 bits per heavy atom. The zero-order valence-electron chi connectivity index (χ0n) is 41.8. The second-order valence-corrected chi connectivity index (χ2v) is 15.7. The Hall–Kier alpha value is -5.49. The van der Waals surface area contributed by atoms with Crippen LogP contribution >= 0.6 is 0 Å². The van der Waals surface area contributed by atoms with Gasteiger partial charge >= 0.3 is 17.9 Å². The number of esters is 3. The third-order valence-electron chi connectivity index (χ3n) is 9.51. The van der Waals surface area contributed by atoms with Crippen LogP contribution < -0.4 is 0 Å². The first-order chi connectivity index (χ1) is 33.0. The first-order valence-corrected chi connectivity index (χ1v) is 25.4. The summed E-state index contributed by atoms with van der Waals surface area (Å²) in [6, 6.07) is 0. The molecule has 0 N–H and O–H groups in total. The van der Waals surface area contributed by atoms with Crippen LogP contribution in [0.15, 0.2) is 182 Å². The summed E-state index contributed by atoms with van der Waals surface area (Å²) in [5, 5.41) is 0. The molecule has 0 saturated carbocycles. The Balaban J connectivity index is 4.67. The van der Waals surface area contributed by atoms with Crippen molar-refractivity contribution in [3.8, 4) is 0 Å². The molecule has 1 atom stereocenters. The number of hydrogen-bond acceptors (Lipinski definition) is 6. The molecule has 0 aliphatic heterocycles. The van der Waals surface area contributed by atoms with Crippen molar-refractivity contribution in [2.24, 2.45) is 0 Å². The van der Waals surface area contributed by atoms with E-state index in [1.54, 1.807) is 0 Å². The van der Waals surface area contributed by atoms with E-state index in [4.69, 9.17) is 14.2 Å². The fourth-order valence-corrected chi connectivity index (χ4v) is 5.83. The van der Waals surface area contributed by atoms with Crippen LogP contribution in [-0.4, -0.2) is 37.2 Å². The van der Waals surface area contributed by atoms with Gasteiger partial charge in [-0.3, -0.25) is 14.4 Å². The van der Waals surface area contributed by atoms with Gasteiger partial charge in [0.1, 0.15) is 13.2 Å². The summed E-state index contributed by atoms with van der Waals surface area (Å²) in [7, 11) is 0. The van der Waals surface area contributed by atoms with Crippen LogP contribution in [0.4, 0.5) is 0 Å². The number of hydrogen-bond donors (Lipinski definition) is 0. The Kier molecular flexibility index (Phi) is 48.8. The van der Waals surface area contributed by atoms with Gasteiger partial charge in [0.2, 0.25) is 0 Å². The van der Waals surface area contributed by atoms with E-state index in [1.165, 1.54) is 0 Å². The molecule has 0 saturated heterocycles. The molecule has 0 radical (unpaired) electrons. The summed E-state index contributed by atoms with van der Waals surface area (Å²) in [5.41, 5.74) is 0. The predicted octanol–water partition coefficient (Wildman–Crippen LogP) is 17.0. The normalized spacial score (nSPS) is 13.7. The average molecular weight is 917 g/mol. The van der Waals surface area contributed by atoms with E-state index >= 15 is 0 Å². The van der Waals surface area contributed by atoms with Gasteiger partial charge in [-0.2, -0.15) is 0 Å². The molecule has 0 aliphatic carbocycles. The molecule has 0 fully saturated rings. The summed E-state index contributed by atoms with van der Waals surface area (Å²) in [4.78, 5) is 37.9. The lowest BCUT2D eigenvalue weighted by Gasteiger charge is -2.18. The zero-order valence-corrected chi connectivity index (χ0v) is 41.8. The van der Waals surface area contributed by atoms with Crippen molar-refractivity contribution in [1.82, 2.24) is 0 Å². The quantitative estimate of drug-likeness (QED) is 0.0200. The highest BCUT2D eigenvalue weighted by Crippen LogP contribution is 2.09. The Morgan fingerprint density at radius 1 is 0.313 bits per heavy atom. The molecule has 0 heterocycles. The van der Waals surface area contributed by atoms with Crippen LogP contribution in [0.5, 0.6) is 0 Å². The lowest BCUT2D eigenvalue weighted by atomic mass is 10.1. The average Bonchev–Trinajstić information content (AvgIpc) is 3.33. The highest BCUT2D eigenvalue weighted by Gasteiger charge is 2.19. The molecule has 0 spiro atoms. The van der Waals surface area contributed by atoms with Crippen molar-refractivity contribution in [1.29, 1.82) is 0 Å². The van der Waals surface area contributed by atoms with Gasteiger partial charge in [0.15, 0.2) is 6.10 Å². The summed E-state index contributed by atoms with van der Waals surface area (Å²) in [6.45, 7) is 6.08. The van der Waals surface area contributed by atoms with Crippen molar-refractivity contribution in [2.75, 3.05) is 13.2 Å². The molecule has 0 amide bonds. The fraction of sp³-hybridized carbons (Fsp3) is 0.459. The lowest BCUT2D eigenvalue weighted by Crippen LogP contribution is -2.30. The number of carbonyl (C=O) groups excluding carboxylic acids is 3. The van der Waals surface area contributed by atoms with E-state index in [0.717, 1.165) is 103 Å². The summed E-state index contributed by atoms with van der Waals surface area (Å²) in [5.74, 6) is -1.14. The van der Waals surface area contributed by atoms with Crippen LogP contribution in [0.1, 0.15) is 162 Å². The van der Waals surface area contributed by atoms with Gasteiger partial charge in [-0.15, -0.1) is 0 Å². The van der Waals surface area contributed by atoms with Gasteiger partial charge in [0.25, 0.3) is 0 Å². The standard InChI is InChI=1S/C61H88O6/c1-4-7-10-13-16-19-22-25-27-29-30-32-33-36-39-42-45-48-51-54-60(63)66-57-58(56-65-59(62)53-50-47-44-41-38-35-24-21-18-15-12-9-6-3)67-61(64)55-52-49-46-43-40-37-34-31-28-26-23-20-17-14-11-8-5-2/h7-12,15-21,24-28,30,32,34-39,41,43-44,46,58H,4-6,13-14,22-23,29,31,33,40,42,45,47-57H2,1-3H3/b10-7+,11-8+,12-9+,18-15+,19-16+,20-17+,24-21+,27-25+,28-26+,32-30+,37-34+,38-35+,39-36+,44-41+,46-43+. The maximum Gasteiger partial charge on any atom is 0.306 e. The van der Waals surface area contributed by atoms with E-state index < -0.39 is 12.1 Å². The van der Waals surface area contributed by atoms with Crippen molar-refractivity contribution in [3.05, 3.63) is 182 Å². The minimum absolute atomic E-state index is 0.151. The molecule has 0 aromatic rings. The second-order valence-electron chi connectivity index (χ2n) is 15.7. The molecule has 0 bridgehead atoms. The maximum absolute atomic E-state index is 12.8. The summed E-state index contributed by atoms with van der Waals surface area (Å²) >= 11 is 0. The predicted molar refractivity (Wildman–Crippen MR) is 287 cm³/mol. The first-order valence-electron chi connectivity index (χ1n) is 25.4. The van der Waals surface area contributed by atoms with E-state index in [1.807, 2.05) is 54.7 Å². The van der Waals surface area contributed by atoms with E-state index in [2.05, 4.69) is 148 Å². The van der Waals surface area contributed by atoms with Crippen molar-refractivity contribution in [3.63, 3.8) is 0 Å². The van der Waals surface area contributed by atoms with Crippen LogP contribution in [0.2, 0.25) is 0 Å². The van der Waals surface area contributed by atoms with E-state index in [9.17, 15) is 14.4 Å². The van der Waals surface area contributed by atoms with Crippen LogP contribution in [-0.2, 0) is 28.6 Å². The van der Waals surface area contributed by atoms with Crippen LogP contribution in [0.25, 0.3) is 0 Å². The van der Waals surface area contributed by atoms with Gasteiger partial charge in [-0.25, -0.2) is 0 Å². The first kappa shape index (κ1) is 61.5. The zero-order chi connectivity index (χ0) is 48.6. The number of unbranched alkanes of at least 4 members (excludes halogenated alkanes) is 5. The fourth-order valence-electron chi connectivity index (χ4n) is 5.83. The second kappa shape index (κ2) is 53.1. The molecule has 368 valence electrons. The maximum atomic E-state index is 12.8. The van der Waals surface area contributed by atoms with Gasteiger partial charge in [0, 0.05) is 19.3 Å². The minimum Gasteiger partial charge on any atom is -0.462 e. The molecular formula is C61H88O6. The smallest absolute Gasteiger partial charge is 0.306 e. The number of ether oxygens (including phenoxy) is 3.